The predicted molar refractivity (Wildman–Crippen MR) is 38.0 cm³/mol. The fourth-order valence-corrected chi connectivity index (χ4v) is 0.428. The second-order valence-electron chi connectivity index (χ2n) is 1.34. The maximum absolute atomic E-state index is 8.63. The first-order chi connectivity index (χ1) is 3.39. The minimum absolute atomic E-state index is 0. The summed E-state index contributed by atoms with van der Waals surface area (Å²) in [7, 11) is 0. The van der Waals surface area contributed by atoms with Crippen LogP contribution in [-0.2, 0) is 16.8 Å². The van der Waals surface area contributed by atoms with Gasteiger partial charge in [-0.25, -0.2) is 0 Å². The number of benzene rings is 1. The van der Waals surface area contributed by atoms with Crippen LogP contribution in [0.4, 0.5) is 0 Å². The summed E-state index contributed by atoms with van der Waals surface area (Å²) in [6.45, 7) is 0. The molecule has 0 spiro atoms. The third kappa shape index (κ3) is 4.56. The van der Waals surface area contributed by atoms with E-state index in [1.54, 1.807) is 24.3 Å². The second kappa shape index (κ2) is 6.18. The van der Waals surface area contributed by atoms with Crippen molar-refractivity contribution in [3.05, 3.63) is 30.3 Å². The SMILES string of the molecule is Oc1ccccc1.[AlH3].[Co]. The molecule has 0 heterocycles. The van der Waals surface area contributed by atoms with Gasteiger partial charge in [-0.2, -0.15) is 0 Å². The van der Waals surface area contributed by atoms with Gasteiger partial charge in [0.25, 0.3) is 0 Å². The maximum Gasteiger partial charge on any atom is 0.187 e. The summed E-state index contributed by atoms with van der Waals surface area (Å²) in [6.07, 6.45) is 0. The van der Waals surface area contributed by atoms with Crippen LogP contribution < -0.4 is 0 Å². The number of para-hydroxylation sites is 1. The largest absolute Gasteiger partial charge is 0.508 e. The van der Waals surface area contributed by atoms with Gasteiger partial charge in [0.05, 0.1) is 0 Å². The van der Waals surface area contributed by atoms with Crippen LogP contribution in [0.3, 0.4) is 0 Å². The van der Waals surface area contributed by atoms with Gasteiger partial charge in [-0.05, 0) is 12.1 Å². The van der Waals surface area contributed by atoms with Crippen molar-refractivity contribution in [1.82, 2.24) is 0 Å². The number of phenolic OH excluding ortho intramolecular Hbond substituents is 1. The van der Waals surface area contributed by atoms with E-state index in [2.05, 4.69) is 0 Å². The van der Waals surface area contributed by atoms with Crippen molar-refractivity contribution < 1.29 is 21.9 Å². The van der Waals surface area contributed by atoms with Gasteiger partial charge in [-0.3, -0.25) is 0 Å². The number of rotatable bonds is 0. The Hall–Kier alpha value is 0.0590. The zero-order valence-corrected chi connectivity index (χ0v) is 5.21. The molecular formula is C6H9AlCoO. The van der Waals surface area contributed by atoms with Crippen LogP contribution in [0.25, 0.3) is 0 Å². The Morgan fingerprint density at radius 3 is 1.67 bits per heavy atom. The summed E-state index contributed by atoms with van der Waals surface area (Å²) in [5.74, 6) is 0.322. The van der Waals surface area contributed by atoms with E-state index in [0.717, 1.165) is 0 Å². The molecule has 1 aromatic carbocycles. The third-order valence-corrected chi connectivity index (χ3v) is 0.756. The molecule has 1 N–H and O–H groups in total. The van der Waals surface area contributed by atoms with Gasteiger partial charge in [0, 0.05) is 16.8 Å². The van der Waals surface area contributed by atoms with Gasteiger partial charge >= 0.3 is 0 Å². The summed E-state index contributed by atoms with van der Waals surface area (Å²) < 4.78 is 0. The van der Waals surface area contributed by atoms with Gasteiger partial charge < -0.3 is 5.11 Å². The Kier molecular flexibility index (Phi) is 8.11. The Labute approximate surface area is 75.4 Å². The molecule has 0 unspecified atom stereocenters. The van der Waals surface area contributed by atoms with Gasteiger partial charge in [0.2, 0.25) is 0 Å². The van der Waals surface area contributed by atoms with Crippen LogP contribution in [0.5, 0.6) is 5.75 Å². The molecule has 1 radical (unpaired) electrons. The Morgan fingerprint density at radius 2 is 1.44 bits per heavy atom. The van der Waals surface area contributed by atoms with Gasteiger partial charge in [0.15, 0.2) is 17.4 Å². The van der Waals surface area contributed by atoms with E-state index in [4.69, 9.17) is 5.11 Å². The first-order valence-corrected chi connectivity index (χ1v) is 2.13. The molecular weight excluding hydrogens is 174 g/mol. The number of aromatic hydroxyl groups is 1. The zero-order valence-electron chi connectivity index (χ0n) is 4.17. The predicted octanol–water partition coefficient (Wildman–Crippen LogP) is 0.206. The molecule has 51 valence electrons. The van der Waals surface area contributed by atoms with Crippen LogP contribution in [0, 0.1) is 0 Å². The van der Waals surface area contributed by atoms with Crippen molar-refractivity contribution in [1.29, 1.82) is 0 Å². The molecule has 1 nitrogen and oxygen atoms in total. The molecule has 0 aliphatic rings. The van der Waals surface area contributed by atoms with E-state index in [9.17, 15) is 0 Å². The minimum atomic E-state index is 0. The van der Waals surface area contributed by atoms with E-state index < -0.39 is 0 Å². The molecule has 0 aliphatic heterocycles. The standard InChI is InChI=1S/C6H6O.Al.Co.3H/c7-6-4-2-1-3-5-6;;;;;/h1-5,7H;;;;;. The average Bonchev–Trinajstić information content (AvgIpc) is 1.69. The summed E-state index contributed by atoms with van der Waals surface area (Å²) in [5.41, 5.74) is 0. The van der Waals surface area contributed by atoms with E-state index in [0.29, 0.717) is 5.75 Å². The zero-order chi connectivity index (χ0) is 5.11. The molecule has 0 saturated heterocycles. The Morgan fingerprint density at radius 1 is 1.00 bits per heavy atom. The van der Waals surface area contributed by atoms with Gasteiger partial charge in [-0.1, -0.05) is 18.2 Å². The molecule has 0 saturated carbocycles. The van der Waals surface area contributed by atoms with Crippen LogP contribution >= 0.6 is 0 Å². The van der Waals surface area contributed by atoms with Gasteiger partial charge in [-0.15, -0.1) is 0 Å². The first kappa shape index (κ1) is 11.8. The van der Waals surface area contributed by atoms with Crippen LogP contribution in [0.1, 0.15) is 0 Å². The number of phenols is 1. The summed E-state index contributed by atoms with van der Waals surface area (Å²) >= 11 is 0. The molecule has 0 aromatic heterocycles. The molecule has 1 rings (SSSR count). The average molecular weight is 183 g/mol. The monoisotopic (exact) mass is 183 g/mol. The van der Waals surface area contributed by atoms with E-state index in [-0.39, 0.29) is 34.1 Å². The van der Waals surface area contributed by atoms with Crippen molar-refractivity contribution >= 4 is 17.4 Å². The normalized spacial score (nSPS) is 6.67. The van der Waals surface area contributed by atoms with E-state index in [1.807, 2.05) is 6.07 Å². The van der Waals surface area contributed by atoms with Crippen molar-refractivity contribution in [3.63, 3.8) is 0 Å². The fraction of sp³-hybridized carbons (Fsp3) is 0. The molecule has 0 aliphatic carbocycles. The summed E-state index contributed by atoms with van der Waals surface area (Å²) in [4.78, 5) is 0. The molecule has 1 aromatic rings. The Bertz CT molecular complexity index is 143. The summed E-state index contributed by atoms with van der Waals surface area (Å²) in [6, 6.07) is 8.71. The molecule has 0 fully saturated rings. The Balaban J connectivity index is 0. The van der Waals surface area contributed by atoms with Crippen molar-refractivity contribution in [2.75, 3.05) is 0 Å². The van der Waals surface area contributed by atoms with Crippen LogP contribution in [0.2, 0.25) is 0 Å². The molecule has 0 atom stereocenters. The molecule has 9 heavy (non-hydrogen) atoms. The van der Waals surface area contributed by atoms with Crippen molar-refractivity contribution in [2.45, 2.75) is 0 Å². The number of hydrogen-bond donors (Lipinski definition) is 1. The quantitative estimate of drug-likeness (QED) is 0.570. The molecule has 0 bridgehead atoms. The van der Waals surface area contributed by atoms with Crippen LogP contribution in [-0.4, -0.2) is 22.5 Å². The fourth-order valence-electron chi connectivity index (χ4n) is 0.428. The van der Waals surface area contributed by atoms with Crippen molar-refractivity contribution in [3.8, 4) is 5.75 Å². The van der Waals surface area contributed by atoms with E-state index in [1.165, 1.54) is 0 Å². The first-order valence-electron chi connectivity index (χ1n) is 2.13. The topological polar surface area (TPSA) is 20.2 Å². The van der Waals surface area contributed by atoms with Crippen molar-refractivity contribution in [2.24, 2.45) is 0 Å². The van der Waals surface area contributed by atoms with E-state index >= 15 is 0 Å². The third-order valence-electron chi connectivity index (χ3n) is 0.756. The smallest absolute Gasteiger partial charge is 0.187 e. The summed E-state index contributed by atoms with van der Waals surface area (Å²) in [5, 5.41) is 8.63. The number of hydrogen-bond acceptors (Lipinski definition) is 1. The maximum atomic E-state index is 8.63. The second-order valence-corrected chi connectivity index (χ2v) is 1.34. The molecule has 3 heteroatoms. The molecule has 0 amide bonds. The van der Waals surface area contributed by atoms with Gasteiger partial charge in [0.1, 0.15) is 5.75 Å². The minimum Gasteiger partial charge on any atom is -0.508 e. The van der Waals surface area contributed by atoms with Crippen LogP contribution in [0.15, 0.2) is 30.3 Å².